The highest BCUT2D eigenvalue weighted by molar-refractivity contribution is 9.10. The zero-order chi connectivity index (χ0) is 23.1. The summed E-state index contributed by atoms with van der Waals surface area (Å²) < 4.78 is 22.7. The van der Waals surface area contributed by atoms with Crippen molar-refractivity contribution < 1.29 is 13.9 Å². The zero-order valence-corrected chi connectivity index (χ0v) is 19.3. The van der Waals surface area contributed by atoms with Gasteiger partial charge in [-0.05, 0) is 65.7 Å². The smallest absolute Gasteiger partial charge is 0.249 e. The van der Waals surface area contributed by atoms with Crippen molar-refractivity contribution in [2.45, 2.75) is 6.54 Å². The Hall–Kier alpha value is -3.64. The first-order valence-electron chi connectivity index (χ1n) is 10.3. The van der Waals surface area contributed by atoms with Gasteiger partial charge in [0.25, 0.3) is 0 Å². The normalized spacial score (nSPS) is 11.2. The zero-order valence-electron chi connectivity index (χ0n) is 17.7. The van der Waals surface area contributed by atoms with Crippen molar-refractivity contribution in [1.82, 2.24) is 4.57 Å². The number of rotatable bonds is 5. The molecule has 2 N–H and O–H groups in total. The molecule has 0 bridgehead atoms. The number of carbonyl (C=O) groups excluding carboxylic acids is 1. The van der Waals surface area contributed by atoms with Gasteiger partial charge in [-0.25, -0.2) is 4.39 Å². The molecule has 5 aromatic rings. The maximum atomic E-state index is 14.7. The Morgan fingerprint density at radius 3 is 2.55 bits per heavy atom. The average molecular weight is 502 g/mol. The highest BCUT2D eigenvalue weighted by atomic mass is 79.9. The minimum atomic E-state index is -0.512. The Labute approximate surface area is 198 Å². The molecule has 4 aromatic carbocycles. The van der Waals surface area contributed by atoms with Crippen LogP contribution in [0.5, 0.6) is 5.75 Å². The van der Waals surface area contributed by atoms with Crippen LogP contribution in [0.25, 0.3) is 32.9 Å². The average Bonchev–Trinajstić information content (AvgIpc) is 3.13. The Bertz CT molecular complexity index is 1520. The molecule has 1 heterocycles. The highest BCUT2D eigenvalue weighted by Crippen LogP contribution is 2.35. The third-order valence-electron chi connectivity index (χ3n) is 5.83. The van der Waals surface area contributed by atoms with E-state index in [9.17, 15) is 9.18 Å². The van der Waals surface area contributed by atoms with Gasteiger partial charge in [-0.1, -0.05) is 40.2 Å². The minimum absolute atomic E-state index is 0.293. The number of aromatic nitrogens is 1. The summed E-state index contributed by atoms with van der Waals surface area (Å²) in [7, 11) is 1.63. The number of methoxy groups -OCH3 is 1. The molecule has 6 heteroatoms. The first kappa shape index (κ1) is 21.2. The van der Waals surface area contributed by atoms with Crippen LogP contribution in [0.15, 0.2) is 77.3 Å². The molecule has 0 unspecified atom stereocenters. The Morgan fingerprint density at radius 2 is 1.85 bits per heavy atom. The van der Waals surface area contributed by atoms with Crippen molar-refractivity contribution in [3.05, 3.63) is 100 Å². The summed E-state index contributed by atoms with van der Waals surface area (Å²) in [5.74, 6) is -0.0439. The lowest BCUT2D eigenvalue weighted by Crippen LogP contribution is -2.11. The third-order valence-corrected chi connectivity index (χ3v) is 6.32. The molecule has 0 saturated heterocycles. The summed E-state index contributed by atoms with van der Waals surface area (Å²) in [5, 5.41) is 1.49. The monoisotopic (exact) mass is 501 g/mol. The first-order valence-corrected chi connectivity index (χ1v) is 11.1. The number of nitrogens with zero attached hydrogens (tertiary/aromatic N) is 1. The second-order valence-corrected chi connectivity index (χ2v) is 8.68. The standard InChI is InChI=1S/C27H19BrFN2O2/c1-33-20-10-6-16(7-11-20)17-8-12-21-25(13-17)31(15-18-5-9-19(28)14-23(18)29)24-4-2-3-22(26(21)24)27(30)32/h2-11,13-14H,15H2,1H3,(H2,30,32). The maximum Gasteiger partial charge on any atom is 0.249 e. The van der Waals surface area contributed by atoms with Crippen molar-refractivity contribution in [2.24, 2.45) is 5.73 Å². The summed E-state index contributed by atoms with van der Waals surface area (Å²) >= 11 is 3.31. The van der Waals surface area contributed by atoms with Crippen LogP contribution in [0, 0.1) is 11.9 Å². The molecule has 0 aliphatic carbocycles. The highest BCUT2D eigenvalue weighted by Gasteiger charge is 2.18. The number of primary amides is 1. The van der Waals surface area contributed by atoms with Crippen LogP contribution in [0.1, 0.15) is 15.9 Å². The van der Waals surface area contributed by atoms with E-state index in [1.165, 1.54) is 6.07 Å². The molecule has 0 saturated carbocycles. The third kappa shape index (κ3) is 3.76. The minimum Gasteiger partial charge on any atom is -0.497 e. The van der Waals surface area contributed by atoms with Crippen molar-refractivity contribution in [2.75, 3.05) is 7.11 Å². The summed E-state index contributed by atoms with van der Waals surface area (Å²) in [5.41, 5.74) is 10.2. The molecule has 33 heavy (non-hydrogen) atoms. The lowest BCUT2D eigenvalue weighted by atomic mass is 10.0. The molecule has 5 rings (SSSR count). The number of fused-ring (bicyclic) bond motifs is 3. The number of hydrogen-bond donors (Lipinski definition) is 1. The summed E-state index contributed by atoms with van der Waals surface area (Å²) in [6.45, 7) is 0.293. The molecule has 1 amide bonds. The second-order valence-electron chi connectivity index (χ2n) is 7.76. The van der Waals surface area contributed by atoms with Gasteiger partial charge in [0.1, 0.15) is 11.6 Å². The van der Waals surface area contributed by atoms with Gasteiger partial charge in [0, 0.05) is 26.4 Å². The number of carbonyl (C=O) groups is 1. The Morgan fingerprint density at radius 1 is 1.06 bits per heavy atom. The van der Waals surface area contributed by atoms with Gasteiger partial charge in [0.05, 0.1) is 24.7 Å². The SMILES string of the molecule is COc1ccc(-c2c[c]c3c4c(C(N)=O)cccc4n(Cc4ccc(Br)cc4F)c3c2)cc1. The van der Waals surface area contributed by atoms with Crippen molar-refractivity contribution in [1.29, 1.82) is 0 Å². The topological polar surface area (TPSA) is 57.2 Å². The van der Waals surface area contributed by atoms with Crippen LogP contribution in [0.4, 0.5) is 4.39 Å². The molecule has 0 aliphatic rings. The fourth-order valence-corrected chi connectivity index (χ4v) is 4.53. The summed E-state index contributed by atoms with van der Waals surface area (Å²) in [6.07, 6.45) is 0. The van der Waals surface area contributed by atoms with E-state index >= 15 is 0 Å². The first-order chi connectivity index (χ1) is 16.0. The molecule has 1 aromatic heterocycles. The van der Waals surface area contributed by atoms with Crippen molar-refractivity contribution >= 4 is 43.6 Å². The van der Waals surface area contributed by atoms with Crippen molar-refractivity contribution in [3.63, 3.8) is 0 Å². The van der Waals surface area contributed by atoms with Gasteiger partial charge in [-0.2, -0.15) is 0 Å². The van der Waals surface area contributed by atoms with E-state index < -0.39 is 5.91 Å². The van der Waals surface area contributed by atoms with Crippen LogP contribution in [-0.4, -0.2) is 17.6 Å². The predicted molar refractivity (Wildman–Crippen MR) is 132 cm³/mol. The number of halogens is 2. The van der Waals surface area contributed by atoms with E-state index in [1.807, 2.05) is 53.1 Å². The number of amides is 1. The van der Waals surface area contributed by atoms with E-state index in [-0.39, 0.29) is 5.82 Å². The predicted octanol–water partition coefficient (Wildman–Crippen LogP) is 6.32. The van der Waals surface area contributed by atoms with Crippen LogP contribution in [0.3, 0.4) is 0 Å². The molecule has 0 spiro atoms. The molecule has 4 nitrogen and oxygen atoms in total. The number of nitrogens with two attached hydrogens (primary N) is 1. The fourth-order valence-electron chi connectivity index (χ4n) is 4.20. The van der Waals surface area contributed by atoms with Crippen LogP contribution >= 0.6 is 15.9 Å². The Kier molecular flexibility index (Phi) is 5.38. The van der Waals surface area contributed by atoms with Gasteiger partial charge in [0.15, 0.2) is 0 Å². The van der Waals surface area contributed by atoms with E-state index in [4.69, 9.17) is 10.5 Å². The van der Waals surface area contributed by atoms with E-state index in [2.05, 4.69) is 22.0 Å². The molecular weight excluding hydrogens is 483 g/mol. The van der Waals surface area contributed by atoms with Gasteiger partial charge >= 0.3 is 0 Å². The van der Waals surface area contributed by atoms with E-state index in [0.717, 1.165) is 38.7 Å². The van der Waals surface area contributed by atoms with Crippen LogP contribution in [0.2, 0.25) is 0 Å². The number of benzene rings is 4. The molecule has 0 atom stereocenters. The molecule has 163 valence electrons. The van der Waals surface area contributed by atoms with Gasteiger partial charge in [-0.15, -0.1) is 0 Å². The number of hydrogen-bond acceptors (Lipinski definition) is 2. The lowest BCUT2D eigenvalue weighted by molar-refractivity contribution is 0.100. The van der Waals surface area contributed by atoms with Gasteiger partial charge < -0.3 is 15.0 Å². The lowest BCUT2D eigenvalue weighted by Gasteiger charge is -2.10. The van der Waals surface area contributed by atoms with Gasteiger partial charge in [-0.3, -0.25) is 4.79 Å². The fraction of sp³-hybridized carbons (Fsp3) is 0.0741. The summed E-state index contributed by atoms with van der Waals surface area (Å²) in [4.78, 5) is 12.2. The Balaban J connectivity index is 1.77. The quantitative estimate of drug-likeness (QED) is 0.306. The molecule has 0 aliphatic heterocycles. The largest absolute Gasteiger partial charge is 0.497 e. The van der Waals surface area contributed by atoms with Crippen molar-refractivity contribution in [3.8, 4) is 16.9 Å². The molecule has 1 radical (unpaired) electrons. The van der Waals surface area contributed by atoms with Crippen LogP contribution < -0.4 is 10.5 Å². The maximum absolute atomic E-state index is 14.7. The molecular formula is C27H19BrFN2O2. The van der Waals surface area contributed by atoms with Crippen LogP contribution in [-0.2, 0) is 6.54 Å². The van der Waals surface area contributed by atoms with E-state index in [0.29, 0.717) is 22.1 Å². The summed E-state index contributed by atoms with van der Waals surface area (Å²) in [6, 6.07) is 25.5. The second kappa shape index (κ2) is 8.37. The molecule has 0 fully saturated rings. The van der Waals surface area contributed by atoms with E-state index in [1.54, 1.807) is 25.3 Å². The number of ether oxygens (including phenoxy) is 1. The van der Waals surface area contributed by atoms with Gasteiger partial charge in [0.2, 0.25) is 5.91 Å².